The largest absolute Gasteiger partial charge is 0.392 e. The van der Waals surface area contributed by atoms with Crippen LogP contribution in [0.2, 0.25) is 0 Å². The topological polar surface area (TPSA) is 38.0 Å². The second-order valence-corrected chi connectivity index (χ2v) is 7.19. The average molecular weight is 286 g/mol. The fraction of sp³-hybridized carbons (Fsp3) is 0.611. The molecule has 0 bridgehead atoms. The van der Waals surface area contributed by atoms with E-state index < -0.39 is 0 Å². The zero-order valence-corrected chi connectivity index (χ0v) is 13.3. The molecule has 3 rings (SSSR count). The summed E-state index contributed by atoms with van der Waals surface area (Å²) in [7, 11) is 2.05. The number of aryl methyl sites for hydroxylation is 1. The second kappa shape index (κ2) is 5.45. The van der Waals surface area contributed by atoms with Gasteiger partial charge in [0.25, 0.3) is 0 Å². The summed E-state index contributed by atoms with van der Waals surface area (Å²) in [6.07, 6.45) is 5.25. The summed E-state index contributed by atoms with van der Waals surface area (Å²) < 4.78 is 2.12. The number of hydrogen-bond acceptors (Lipinski definition) is 2. The van der Waals surface area contributed by atoms with Crippen LogP contribution in [0.4, 0.5) is 0 Å². The Morgan fingerprint density at radius 3 is 2.81 bits per heavy atom. The Hall–Kier alpha value is -1.35. The average Bonchev–Trinajstić information content (AvgIpc) is 2.75. The van der Waals surface area contributed by atoms with E-state index in [-0.39, 0.29) is 11.5 Å². The van der Waals surface area contributed by atoms with Crippen LogP contribution in [0.3, 0.4) is 0 Å². The quantitative estimate of drug-likeness (QED) is 0.934. The van der Waals surface area contributed by atoms with Gasteiger partial charge >= 0.3 is 0 Å². The first-order chi connectivity index (χ1) is 9.99. The molecule has 1 aromatic carbocycles. The predicted molar refractivity (Wildman–Crippen MR) is 86.2 cm³/mol. The number of para-hydroxylation sites is 2. The van der Waals surface area contributed by atoms with Crippen LogP contribution in [0, 0.1) is 11.3 Å². The lowest BCUT2D eigenvalue weighted by atomic mass is 9.66. The van der Waals surface area contributed by atoms with Crippen molar-refractivity contribution in [3.63, 3.8) is 0 Å². The van der Waals surface area contributed by atoms with Crippen LogP contribution in [-0.4, -0.2) is 20.8 Å². The maximum Gasteiger partial charge on any atom is 0.112 e. The first kappa shape index (κ1) is 14.6. The van der Waals surface area contributed by atoms with Crippen molar-refractivity contribution >= 4 is 11.0 Å². The summed E-state index contributed by atoms with van der Waals surface area (Å²) in [5.41, 5.74) is 2.40. The Balaban J connectivity index is 1.82. The minimum absolute atomic E-state index is 0.238. The van der Waals surface area contributed by atoms with E-state index in [9.17, 15) is 5.11 Å². The molecule has 1 heterocycles. The van der Waals surface area contributed by atoms with Gasteiger partial charge in [0, 0.05) is 13.5 Å². The van der Waals surface area contributed by atoms with Gasteiger partial charge in [-0.05, 0) is 36.3 Å². The number of aliphatic hydroxyl groups is 1. The van der Waals surface area contributed by atoms with Crippen molar-refractivity contribution in [2.24, 2.45) is 18.4 Å². The van der Waals surface area contributed by atoms with Crippen molar-refractivity contribution in [1.82, 2.24) is 9.55 Å². The molecule has 1 aliphatic rings. The van der Waals surface area contributed by atoms with E-state index in [0.717, 1.165) is 23.3 Å². The third-order valence-electron chi connectivity index (χ3n) is 5.33. The van der Waals surface area contributed by atoms with Crippen LogP contribution in [0.5, 0.6) is 0 Å². The normalized spacial score (nSPS) is 23.3. The molecule has 2 aromatic rings. The van der Waals surface area contributed by atoms with Crippen molar-refractivity contribution < 1.29 is 5.11 Å². The van der Waals surface area contributed by atoms with Gasteiger partial charge in [-0.15, -0.1) is 0 Å². The Labute approximate surface area is 127 Å². The van der Waals surface area contributed by atoms with Crippen molar-refractivity contribution in [3.8, 4) is 0 Å². The first-order valence-electron chi connectivity index (χ1n) is 8.07. The van der Waals surface area contributed by atoms with Gasteiger partial charge in [0.15, 0.2) is 0 Å². The zero-order chi connectivity index (χ0) is 15.0. The molecule has 2 unspecified atom stereocenters. The monoisotopic (exact) mass is 286 g/mol. The summed E-state index contributed by atoms with van der Waals surface area (Å²) in [4.78, 5) is 4.70. The molecule has 0 aliphatic heterocycles. The predicted octanol–water partition coefficient (Wildman–Crippen LogP) is 3.69. The SMILES string of the molecule is Cn1c(CC(O)C2CCCCC2(C)C)nc2ccccc21. The maximum absolute atomic E-state index is 10.8. The number of hydrogen-bond donors (Lipinski definition) is 1. The lowest BCUT2D eigenvalue weighted by Crippen LogP contribution is -2.38. The molecule has 1 N–H and O–H groups in total. The van der Waals surface area contributed by atoms with Gasteiger partial charge in [-0.1, -0.05) is 38.8 Å². The molecular weight excluding hydrogens is 260 g/mol. The van der Waals surface area contributed by atoms with E-state index in [2.05, 4.69) is 24.5 Å². The van der Waals surface area contributed by atoms with Gasteiger partial charge < -0.3 is 9.67 Å². The second-order valence-electron chi connectivity index (χ2n) is 7.19. The van der Waals surface area contributed by atoms with E-state index >= 15 is 0 Å². The fourth-order valence-corrected chi connectivity index (χ4v) is 3.94. The molecular formula is C18H26N2O. The lowest BCUT2D eigenvalue weighted by molar-refractivity contribution is 0.00452. The molecule has 3 nitrogen and oxygen atoms in total. The molecule has 1 aliphatic carbocycles. The Kier molecular flexibility index (Phi) is 3.78. The van der Waals surface area contributed by atoms with E-state index in [1.165, 1.54) is 19.3 Å². The Morgan fingerprint density at radius 1 is 1.33 bits per heavy atom. The highest BCUT2D eigenvalue weighted by atomic mass is 16.3. The Bertz CT molecular complexity index is 629. The Morgan fingerprint density at radius 2 is 2.10 bits per heavy atom. The lowest BCUT2D eigenvalue weighted by Gasteiger charge is -2.41. The molecule has 0 radical (unpaired) electrons. The molecule has 2 atom stereocenters. The number of imidazole rings is 1. The van der Waals surface area contributed by atoms with Crippen molar-refractivity contribution in [2.75, 3.05) is 0 Å². The van der Waals surface area contributed by atoms with E-state index in [0.29, 0.717) is 12.3 Å². The van der Waals surface area contributed by atoms with Crippen LogP contribution in [0.15, 0.2) is 24.3 Å². The van der Waals surface area contributed by atoms with Gasteiger partial charge in [0.05, 0.1) is 17.1 Å². The molecule has 0 amide bonds. The molecule has 1 aromatic heterocycles. The van der Waals surface area contributed by atoms with Crippen LogP contribution < -0.4 is 0 Å². The number of nitrogens with zero attached hydrogens (tertiary/aromatic N) is 2. The van der Waals surface area contributed by atoms with Crippen LogP contribution in [0.25, 0.3) is 11.0 Å². The summed E-state index contributed by atoms with van der Waals surface area (Å²) in [6, 6.07) is 8.17. The standard InChI is InChI=1S/C18H26N2O/c1-18(2)11-7-6-8-13(18)16(21)12-17-19-14-9-4-5-10-15(14)20(17)3/h4-5,9-10,13,16,21H,6-8,11-12H2,1-3H3. The summed E-state index contributed by atoms with van der Waals surface area (Å²) in [6.45, 7) is 4.60. The van der Waals surface area contributed by atoms with Gasteiger partial charge in [0.1, 0.15) is 5.82 Å². The third kappa shape index (κ3) is 2.71. The minimum atomic E-state index is -0.296. The van der Waals surface area contributed by atoms with Crippen LogP contribution in [-0.2, 0) is 13.5 Å². The van der Waals surface area contributed by atoms with Gasteiger partial charge in [-0.2, -0.15) is 0 Å². The molecule has 3 heteroatoms. The number of aromatic nitrogens is 2. The van der Waals surface area contributed by atoms with Crippen LogP contribution >= 0.6 is 0 Å². The highest BCUT2D eigenvalue weighted by Crippen LogP contribution is 2.42. The van der Waals surface area contributed by atoms with Gasteiger partial charge in [0.2, 0.25) is 0 Å². The van der Waals surface area contributed by atoms with Crippen molar-refractivity contribution in [1.29, 1.82) is 0 Å². The van der Waals surface area contributed by atoms with E-state index in [4.69, 9.17) is 4.98 Å². The number of aliphatic hydroxyl groups excluding tert-OH is 1. The summed E-state index contributed by atoms with van der Waals surface area (Å²) >= 11 is 0. The van der Waals surface area contributed by atoms with Gasteiger partial charge in [-0.25, -0.2) is 4.98 Å². The zero-order valence-electron chi connectivity index (χ0n) is 13.3. The minimum Gasteiger partial charge on any atom is -0.392 e. The number of fused-ring (bicyclic) bond motifs is 1. The van der Waals surface area contributed by atoms with Crippen LogP contribution in [0.1, 0.15) is 45.4 Å². The highest BCUT2D eigenvalue weighted by Gasteiger charge is 2.37. The number of benzene rings is 1. The summed E-state index contributed by atoms with van der Waals surface area (Å²) in [5, 5.41) is 10.8. The van der Waals surface area contributed by atoms with Crippen molar-refractivity contribution in [2.45, 2.75) is 52.1 Å². The first-order valence-corrected chi connectivity index (χ1v) is 8.07. The van der Waals surface area contributed by atoms with Gasteiger partial charge in [-0.3, -0.25) is 0 Å². The van der Waals surface area contributed by atoms with Crippen molar-refractivity contribution in [3.05, 3.63) is 30.1 Å². The smallest absolute Gasteiger partial charge is 0.112 e. The summed E-state index contributed by atoms with van der Waals surface area (Å²) in [5.74, 6) is 1.37. The molecule has 0 spiro atoms. The number of rotatable bonds is 3. The molecule has 1 saturated carbocycles. The molecule has 0 saturated heterocycles. The third-order valence-corrected chi connectivity index (χ3v) is 5.33. The highest BCUT2D eigenvalue weighted by molar-refractivity contribution is 5.75. The van der Waals surface area contributed by atoms with E-state index in [1.54, 1.807) is 0 Å². The maximum atomic E-state index is 10.8. The van der Waals surface area contributed by atoms with E-state index in [1.807, 2.05) is 25.2 Å². The fourth-order valence-electron chi connectivity index (χ4n) is 3.94. The molecule has 1 fully saturated rings. The molecule has 21 heavy (non-hydrogen) atoms. The molecule has 114 valence electrons.